The number of hydrogen-bond acceptors (Lipinski definition) is 7. The van der Waals surface area contributed by atoms with Crippen LogP contribution in [-0.4, -0.2) is 26.4 Å². The maximum absolute atomic E-state index is 5.46. The second kappa shape index (κ2) is 6.26. The molecule has 0 aromatic rings. The first-order valence-electron chi connectivity index (χ1n) is 3.40. The van der Waals surface area contributed by atoms with Gasteiger partial charge in [0.25, 0.3) is 0 Å². The molecule has 0 bridgehead atoms. The maximum atomic E-state index is 5.46. The van der Waals surface area contributed by atoms with E-state index in [0.717, 1.165) is 0 Å². The van der Waals surface area contributed by atoms with E-state index in [1.165, 1.54) is 0 Å². The molecule has 0 radical (unpaired) electrons. The van der Waals surface area contributed by atoms with Crippen molar-refractivity contribution in [1.82, 2.24) is 0 Å². The lowest BCUT2D eigenvalue weighted by Gasteiger charge is -2.28. The van der Waals surface area contributed by atoms with Crippen LogP contribution in [0.5, 0.6) is 0 Å². The van der Waals surface area contributed by atoms with Crippen LogP contribution in [0, 0.1) is 5.41 Å². The fraction of sp³-hybridized carbons (Fsp3) is 1.00. The van der Waals surface area contributed by atoms with E-state index < -0.39 is 5.41 Å². The number of rotatable bonds is 7. The summed E-state index contributed by atoms with van der Waals surface area (Å²) < 4.78 is 0. The first-order chi connectivity index (χ1) is 5.74. The summed E-state index contributed by atoms with van der Waals surface area (Å²) >= 11 is 0. The Morgan fingerprint density at radius 1 is 0.833 bits per heavy atom. The minimum atomic E-state index is -0.571. The first-order valence-corrected chi connectivity index (χ1v) is 3.40. The lowest BCUT2D eigenvalue weighted by Crippen LogP contribution is -2.45. The highest BCUT2D eigenvalue weighted by atomic mass is 16.6. The monoisotopic (exact) mass is 180 g/mol. The van der Waals surface area contributed by atoms with Gasteiger partial charge in [0.05, 0.1) is 25.2 Å². The van der Waals surface area contributed by atoms with E-state index >= 15 is 0 Å². The van der Waals surface area contributed by atoms with E-state index in [1.54, 1.807) is 0 Å². The molecule has 0 fully saturated rings. The molecule has 74 valence electrons. The van der Waals surface area contributed by atoms with Crippen molar-refractivity contribution in [2.75, 3.05) is 26.4 Å². The van der Waals surface area contributed by atoms with Crippen molar-refractivity contribution < 1.29 is 14.5 Å². The molecule has 0 saturated carbocycles. The van der Waals surface area contributed by atoms with Crippen molar-refractivity contribution >= 4 is 0 Å². The zero-order valence-electron chi connectivity index (χ0n) is 6.86. The highest BCUT2D eigenvalue weighted by Crippen LogP contribution is 2.15. The van der Waals surface area contributed by atoms with Gasteiger partial charge in [-0.2, -0.15) is 0 Å². The molecule has 0 aliphatic rings. The van der Waals surface area contributed by atoms with Gasteiger partial charge in [-0.1, -0.05) is 0 Å². The molecule has 0 aromatic carbocycles. The second-order valence-corrected chi connectivity index (χ2v) is 2.64. The van der Waals surface area contributed by atoms with Crippen LogP contribution < -0.4 is 23.4 Å². The molecule has 0 aromatic heterocycles. The zero-order valence-corrected chi connectivity index (χ0v) is 6.86. The standard InChI is InChI=1S/C5H16N4O3/c6-1-5(2-10-7,3-11-8)4-12-9/h1-4,6-9H2. The highest BCUT2D eigenvalue weighted by Gasteiger charge is 2.30. The number of hydrogen-bond donors (Lipinski definition) is 4. The van der Waals surface area contributed by atoms with E-state index in [4.69, 9.17) is 23.4 Å². The summed E-state index contributed by atoms with van der Waals surface area (Å²) in [4.78, 5) is 13.4. The Labute approximate surface area is 70.8 Å². The first kappa shape index (κ1) is 11.7. The van der Waals surface area contributed by atoms with Gasteiger partial charge in [0.2, 0.25) is 0 Å². The molecule has 0 aliphatic heterocycles. The third kappa shape index (κ3) is 3.41. The fourth-order valence-corrected chi connectivity index (χ4v) is 0.832. The average molecular weight is 180 g/mol. The summed E-state index contributed by atoms with van der Waals surface area (Å²) in [6.07, 6.45) is 0. The van der Waals surface area contributed by atoms with Gasteiger partial charge in [-0.3, -0.25) is 0 Å². The van der Waals surface area contributed by atoms with Crippen molar-refractivity contribution in [1.29, 1.82) is 0 Å². The molecule has 0 amide bonds. The lowest BCUT2D eigenvalue weighted by atomic mass is 9.92. The second-order valence-electron chi connectivity index (χ2n) is 2.64. The molecular formula is C5H16N4O3. The third-order valence-electron chi connectivity index (χ3n) is 1.60. The molecule has 0 atom stereocenters. The molecule has 0 unspecified atom stereocenters. The minimum absolute atomic E-state index is 0.178. The van der Waals surface area contributed by atoms with Crippen LogP contribution in [0.15, 0.2) is 0 Å². The summed E-state index contributed by atoms with van der Waals surface area (Å²) in [6, 6.07) is 0. The van der Waals surface area contributed by atoms with Crippen LogP contribution in [0.3, 0.4) is 0 Å². The molecule has 7 nitrogen and oxygen atoms in total. The van der Waals surface area contributed by atoms with Crippen molar-refractivity contribution in [2.45, 2.75) is 0 Å². The van der Waals surface area contributed by atoms with E-state index in [-0.39, 0.29) is 26.4 Å². The van der Waals surface area contributed by atoms with Crippen molar-refractivity contribution in [2.24, 2.45) is 28.8 Å². The Morgan fingerprint density at radius 3 is 1.33 bits per heavy atom. The quantitative estimate of drug-likeness (QED) is 0.321. The fourth-order valence-electron chi connectivity index (χ4n) is 0.832. The Balaban J connectivity index is 4.06. The zero-order chi connectivity index (χ0) is 9.45. The Morgan fingerprint density at radius 2 is 1.17 bits per heavy atom. The van der Waals surface area contributed by atoms with Crippen molar-refractivity contribution in [3.8, 4) is 0 Å². The highest BCUT2D eigenvalue weighted by molar-refractivity contribution is 4.79. The van der Waals surface area contributed by atoms with Crippen LogP contribution >= 0.6 is 0 Å². The van der Waals surface area contributed by atoms with E-state index in [1.807, 2.05) is 0 Å². The maximum Gasteiger partial charge on any atom is 0.0793 e. The summed E-state index contributed by atoms with van der Waals surface area (Å²) in [5.74, 6) is 14.7. The van der Waals surface area contributed by atoms with Gasteiger partial charge in [0.15, 0.2) is 0 Å². The smallest absolute Gasteiger partial charge is 0.0793 e. The molecular weight excluding hydrogens is 164 g/mol. The Kier molecular flexibility index (Phi) is 6.11. The largest absolute Gasteiger partial charge is 0.330 e. The molecule has 0 heterocycles. The van der Waals surface area contributed by atoms with E-state index in [9.17, 15) is 0 Å². The van der Waals surface area contributed by atoms with Gasteiger partial charge < -0.3 is 20.2 Å². The van der Waals surface area contributed by atoms with Gasteiger partial charge in [0.1, 0.15) is 0 Å². The van der Waals surface area contributed by atoms with Gasteiger partial charge in [0, 0.05) is 6.54 Å². The number of nitrogens with two attached hydrogens (primary N) is 4. The Bertz CT molecular complexity index is 95.8. The van der Waals surface area contributed by atoms with Crippen LogP contribution in [-0.2, 0) is 14.5 Å². The van der Waals surface area contributed by atoms with Crippen LogP contribution in [0.25, 0.3) is 0 Å². The summed E-state index contributed by atoms with van der Waals surface area (Å²) in [5.41, 5.74) is 4.89. The average Bonchev–Trinajstić information content (AvgIpc) is 2.06. The summed E-state index contributed by atoms with van der Waals surface area (Å²) in [6.45, 7) is 0.798. The van der Waals surface area contributed by atoms with Gasteiger partial charge >= 0.3 is 0 Å². The van der Waals surface area contributed by atoms with Crippen LogP contribution in [0.1, 0.15) is 0 Å². The molecule has 7 heteroatoms. The van der Waals surface area contributed by atoms with E-state index in [2.05, 4.69) is 14.5 Å². The summed E-state index contributed by atoms with van der Waals surface area (Å²) in [7, 11) is 0. The summed E-state index contributed by atoms with van der Waals surface area (Å²) in [5, 5.41) is 0. The third-order valence-corrected chi connectivity index (χ3v) is 1.60. The van der Waals surface area contributed by atoms with Gasteiger partial charge in [-0.15, -0.1) is 0 Å². The molecule has 0 saturated heterocycles. The molecule has 12 heavy (non-hydrogen) atoms. The minimum Gasteiger partial charge on any atom is -0.330 e. The SMILES string of the molecule is NCC(CON)(CON)CON. The van der Waals surface area contributed by atoms with Gasteiger partial charge in [-0.25, -0.2) is 17.7 Å². The molecule has 0 aliphatic carbocycles. The normalized spacial score (nSPS) is 12.0. The van der Waals surface area contributed by atoms with Crippen molar-refractivity contribution in [3.63, 3.8) is 0 Å². The van der Waals surface area contributed by atoms with Crippen LogP contribution in [0.4, 0.5) is 0 Å². The van der Waals surface area contributed by atoms with E-state index in [0.29, 0.717) is 0 Å². The predicted octanol–water partition coefficient (Wildman–Crippen LogP) is -2.40. The topological polar surface area (TPSA) is 132 Å². The van der Waals surface area contributed by atoms with Crippen molar-refractivity contribution in [3.05, 3.63) is 0 Å². The predicted molar refractivity (Wildman–Crippen MR) is 41.9 cm³/mol. The lowest BCUT2D eigenvalue weighted by molar-refractivity contribution is -0.0672. The van der Waals surface area contributed by atoms with Gasteiger partial charge in [-0.05, 0) is 0 Å². The molecule has 8 N–H and O–H groups in total. The molecule has 0 rings (SSSR count). The Hall–Kier alpha value is -0.280. The van der Waals surface area contributed by atoms with Crippen LogP contribution in [0.2, 0.25) is 0 Å². The molecule has 0 spiro atoms.